The van der Waals surface area contributed by atoms with Crippen LogP contribution in [0.1, 0.15) is 129 Å². The quantitative estimate of drug-likeness (QED) is 0.191. The Bertz CT molecular complexity index is 1670. The molecule has 7 atom stereocenters. The van der Waals surface area contributed by atoms with E-state index in [1.54, 1.807) is 22.3 Å². The molecule has 0 aromatic heterocycles. The molecule has 0 saturated heterocycles. The molecule has 5 rings (SSSR count). The third-order valence-corrected chi connectivity index (χ3v) is 25.8. The maximum absolute atomic E-state index is 4.63. The Balaban J connectivity index is 1.87. The van der Waals surface area contributed by atoms with E-state index in [0.29, 0.717) is 57.7 Å². The van der Waals surface area contributed by atoms with Crippen LogP contribution in [0, 0.1) is 64.4 Å². The molecule has 0 spiro atoms. The van der Waals surface area contributed by atoms with Gasteiger partial charge < -0.3 is 0 Å². The van der Waals surface area contributed by atoms with E-state index in [1.165, 1.54) is 46.4 Å². The Morgan fingerprint density at radius 1 is 0.740 bits per heavy atom. The summed E-state index contributed by atoms with van der Waals surface area (Å²) in [6.45, 7) is 42.9. The Kier molecular flexibility index (Phi) is 11.4. The van der Waals surface area contributed by atoms with Gasteiger partial charge in [-0.25, -0.2) is 0 Å². The Morgan fingerprint density at radius 3 is 1.84 bits per heavy atom. The summed E-state index contributed by atoms with van der Waals surface area (Å²) in [7, 11) is -4.23. The monoisotopic (exact) mass is 703 g/mol. The first-order chi connectivity index (χ1) is 23.4. The van der Waals surface area contributed by atoms with Crippen LogP contribution in [0.25, 0.3) is 0 Å². The number of allylic oxidation sites excluding steroid dienone is 12. The van der Waals surface area contributed by atoms with Gasteiger partial charge in [-0.2, -0.15) is 0 Å². The number of hydrogen-bond acceptors (Lipinski definition) is 0. The van der Waals surface area contributed by atoms with Crippen LogP contribution in [0.4, 0.5) is 0 Å². The summed E-state index contributed by atoms with van der Waals surface area (Å²) in [6.07, 6.45) is 13.9. The van der Waals surface area contributed by atoms with Gasteiger partial charge in [-0.3, -0.25) is 0 Å². The van der Waals surface area contributed by atoms with Gasteiger partial charge in [0.1, 0.15) is 0 Å². The second kappa shape index (κ2) is 14.6. The second-order valence-electron chi connectivity index (χ2n) is 18.7. The molecule has 0 radical (unpaired) electrons. The van der Waals surface area contributed by atoms with Gasteiger partial charge in [0.05, 0.1) is 0 Å². The van der Waals surface area contributed by atoms with Crippen LogP contribution >= 0.6 is 0 Å². The van der Waals surface area contributed by atoms with Crippen molar-refractivity contribution in [3.05, 3.63) is 80.8 Å². The van der Waals surface area contributed by atoms with E-state index in [1.807, 2.05) is 0 Å². The highest BCUT2D eigenvalue weighted by atomic mass is 28.3. The molecule has 5 aliphatic rings. The molecule has 2 heteroatoms. The highest BCUT2D eigenvalue weighted by molar-refractivity contribution is 6.95. The molecule has 5 aliphatic carbocycles. The molecule has 50 heavy (non-hydrogen) atoms. The molecule has 0 aromatic carbocycles. The fraction of sp³-hybridized carbons (Fsp3) is 0.625. The molecule has 0 heterocycles. The van der Waals surface area contributed by atoms with E-state index in [-0.39, 0.29) is 5.92 Å². The van der Waals surface area contributed by atoms with Crippen molar-refractivity contribution in [1.82, 2.24) is 0 Å². The predicted molar refractivity (Wildman–Crippen MR) is 226 cm³/mol. The first kappa shape index (κ1) is 39.0. The van der Waals surface area contributed by atoms with Crippen LogP contribution in [-0.2, 0) is 0 Å². The Hall–Kier alpha value is -2.27. The van der Waals surface area contributed by atoms with E-state index in [4.69, 9.17) is 0 Å². The first-order valence-electron chi connectivity index (χ1n) is 20.3. The zero-order valence-electron chi connectivity index (χ0n) is 34.5. The van der Waals surface area contributed by atoms with Gasteiger partial charge in [0.15, 0.2) is 16.1 Å². The predicted octanol–water partition coefficient (Wildman–Crippen LogP) is 13.6. The van der Waals surface area contributed by atoms with Crippen LogP contribution in [0.3, 0.4) is 0 Å². The van der Waals surface area contributed by atoms with Crippen molar-refractivity contribution < 1.29 is 0 Å². The minimum Gasteiger partial charge on any atom is -0.125 e. The van der Waals surface area contributed by atoms with Crippen LogP contribution in [0.15, 0.2) is 80.8 Å². The summed E-state index contributed by atoms with van der Waals surface area (Å²) in [4.78, 5) is 0. The Labute approximate surface area is 311 Å². The lowest BCUT2D eigenvalue weighted by molar-refractivity contribution is 0.308. The van der Waals surface area contributed by atoms with Gasteiger partial charge in [-0.05, 0) is 121 Å². The van der Waals surface area contributed by atoms with E-state index >= 15 is 0 Å². The molecule has 0 amide bonds. The van der Waals surface area contributed by atoms with Crippen molar-refractivity contribution >= 4 is 16.1 Å². The van der Waals surface area contributed by atoms with Gasteiger partial charge in [0, 0.05) is 23.3 Å². The maximum atomic E-state index is 4.63. The van der Waals surface area contributed by atoms with E-state index in [2.05, 4.69) is 151 Å². The van der Waals surface area contributed by atoms with Crippen LogP contribution < -0.4 is 0 Å². The molecular formula is C48H70Si2. The summed E-state index contributed by atoms with van der Waals surface area (Å²) in [5, 5.41) is 2.68. The normalized spacial score (nSPS) is 29.6. The third kappa shape index (κ3) is 6.38. The smallest absolute Gasteiger partial charge is 0.125 e. The SMILES string of the molecule is C=C(C)[Si](C#CC1=C2CC3C(=CC2C(C#C[Si](C(=C)C)(C(C)C)C(C)C)C2CC4=C(C=C12)C(C)CCC4C)C(C)=CCC3C)(C(C)C)C(C)C. The van der Waals surface area contributed by atoms with Gasteiger partial charge in [0.2, 0.25) is 0 Å². The highest BCUT2D eigenvalue weighted by Gasteiger charge is 2.48. The van der Waals surface area contributed by atoms with Crippen LogP contribution in [0.2, 0.25) is 22.2 Å². The van der Waals surface area contributed by atoms with Gasteiger partial charge in [0.25, 0.3) is 0 Å². The number of fused-ring (bicyclic) bond motifs is 3. The van der Waals surface area contributed by atoms with Crippen molar-refractivity contribution in [2.24, 2.45) is 41.4 Å². The molecule has 0 nitrogen and oxygen atoms in total. The lowest BCUT2D eigenvalue weighted by Crippen LogP contribution is -2.43. The van der Waals surface area contributed by atoms with E-state index in [9.17, 15) is 0 Å². The fourth-order valence-corrected chi connectivity index (χ4v) is 20.4. The lowest BCUT2D eigenvalue weighted by atomic mass is 9.56. The fourth-order valence-electron chi connectivity index (χ4n) is 11.5. The van der Waals surface area contributed by atoms with Crippen molar-refractivity contribution in [2.45, 2.75) is 151 Å². The summed E-state index contributed by atoms with van der Waals surface area (Å²) in [6, 6.07) is 0. The lowest BCUT2D eigenvalue weighted by Gasteiger charge is -2.48. The largest absolute Gasteiger partial charge is 0.169 e. The average Bonchev–Trinajstić information content (AvgIpc) is 3.03. The highest BCUT2D eigenvalue weighted by Crippen LogP contribution is 2.57. The van der Waals surface area contributed by atoms with Crippen molar-refractivity contribution in [2.75, 3.05) is 0 Å². The molecule has 270 valence electrons. The molecule has 0 aromatic rings. The molecule has 0 aliphatic heterocycles. The molecular weight excluding hydrogens is 633 g/mol. The number of hydrogen-bond donors (Lipinski definition) is 0. The minimum absolute atomic E-state index is 0.265. The van der Waals surface area contributed by atoms with E-state index in [0.717, 1.165) is 12.8 Å². The molecule has 0 fully saturated rings. The van der Waals surface area contributed by atoms with Gasteiger partial charge >= 0.3 is 0 Å². The van der Waals surface area contributed by atoms with Crippen LogP contribution in [0.5, 0.6) is 0 Å². The summed E-state index contributed by atoms with van der Waals surface area (Å²) in [5.74, 6) is 11.8. The van der Waals surface area contributed by atoms with Crippen molar-refractivity contribution in [3.63, 3.8) is 0 Å². The molecule has 0 bridgehead atoms. The van der Waals surface area contributed by atoms with E-state index < -0.39 is 16.1 Å². The minimum atomic E-state index is -2.12. The molecule has 7 unspecified atom stereocenters. The topological polar surface area (TPSA) is 0 Å². The first-order valence-corrected chi connectivity index (χ1v) is 24.6. The van der Waals surface area contributed by atoms with Crippen molar-refractivity contribution in [3.8, 4) is 22.9 Å². The van der Waals surface area contributed by atoms with Gasteiger partial charge in [-0.15, -0.1) is 30.2 Å². The molecule has 0 saturated carbocycles. The molecule has 0 N–H and O–H groups in total. The second-order valence-corrected chi connectivity index (χ2v) is 29.0. The summed E-state index contributed by atoms with van der Waals surface area (Å²) in [5.41, 5.74) is 21.5. The van der Waals surface area contributed by atoms with Crippen molar-refractivity contribution in [1.29, 1.82) is 0 Å². The zero-order valence-corrected chi connectivity index (χ0v) is 36.5. The van der Waals surface area contributed by atoms with Gasteiger partial charge in [-0.1, -0.05) is 122 Å². The third-order valence-electron chi connectivity index (χ3n) is 14.5. The Morgan fingerprint density at radius 2 is 1.28 bits per heavy atom. The van der Waals surface area contributed by atoms with Crippen LogP contribution in [-0.4, -0.2) is 16.1 Å². The maximum Gasteiger partial charge on any atom is 0.169 e. The summed E-state index contributed by atoms with van der Waals surface area (Å²) >= 11 is 0. The zero-order chi connectivity index (χ0) is 37.0. The number of rotatable bonds is 6. The standard InChI is InChI=1S/C48H70Si2/c1-29(2)49(30(3)4,31(5)6)23-21-39-45-25-41-35(13)17-19-37(15)43(41)27-47(45)40(22-24-50(32(7)8,33(9)10)34(11)12)48-28-44-38(16)20-18-36(14)42(44)26-46(39)48/h17,25,28,30-31,33-34,36-39,43,45-46H,1,7,18-20,26-27H2,2-6,8-16H3. The summed E-state index contributed by atoms with van der Waals surface area (Å²) < 4.78 is 0. The average molecular weight is 703 g/mol.